The van der Waals surface area contributed by atoms with Crippen molar-refractivity contribution in [3.63, 3.8) is 0 Å². The van der Waals surface area contributed by atoms with Gasteiger partial charge in [-0.1, -0.05) is 6.07 Å². The lowest BCUT2D eigenvalue weighted by Gasteiger charge is -2.17. The van der Waals surface area contributed by atoms with Crippen LogP contribution in [0.1, 0.15) is 25.3 Å². The maximum atomic E-state index is 11.9. The Labute approximate surface area is 142 Å². The summed E-state index contributed by atoms with van der Waals surface area (Å²) < 4.78 is 10.8. The Morgan fingerprint density at radius 3 is 2.67 bits per heavy atom. The van der Waals surface area contributed by atoms with E-state index in [1.165, 1.54) is 0 Å². The van der Waals surface area contributed by atoms with Gasteiger partial charge >= 0.3 is 6.03 Å². The topological polar surface area (TPSA) is 79.9 Å². The minimum Gasteiger partial charge on any atom is -0.493 e. The molecule has 1 aromatic rings. The number of hydrogen-bond acceptors (Lipinski definition) is 5. The number of rotatable bonds is 8. The normalized spacial score (nSPS) is 13.5. The molecule has 7 nitrogen and oxygen atoms in total. The Morgan fingerprint density at radius 1 is 1.29 bits per heavy atom. The van der Waals surface area contributed by atoms with E-state index in [1.54, 1.807) is 7.11 Å². The van der Waals surface area contributed by atoms with E-state index in [4.69, 9.17) is 9.47 Å². The van der Waals surface area contributed by atoms with E-state index in [0.717, 1.165) is 18.4 Å². The number of nitrogens with zero attached hydrogens (tertiary/aromatic N) is 1. The van der Waals surface area contributed by atoms with Gasteiger partial charge in [0.1, 0.15) is 0 Å². The number of hydrogen-bond donors (Lipinski definition) is 2. The number of nitrogens with one attached hydrogen (secondary N) is 2. The van der Waals surface area contributed by atoms with Crippen molar-refractivity contribution in [2.24, 2.45) is 0 Å². The van der Waals surface area contributed by atoms with E-state index in [0.29, 0.717) is 24.7 Å². The Hall–Kier alpha value is -2.28. The summed E-state index contributed by atoms with van der Waals surface area (Å²) in [5, 5.41) is 5.06. The van der Waals surface area contributed by atoms with Gasteiger partial charge in [-0.25, -0.2) is 4.79 Å². The summed E-state index contributed by atoms with van der Waals surface area (Å²) in [6.07, 6.45) is 1.97. The zero-order chi connectivity index (χ0) is 17.5. The van der Waals surface area contributed by atoms with Gasteiger partial charge in [0.25, 0.3) is 0 Å². The molecule has 2 rings (SSSR count). The molecule has 2 N–H and O–H groups in total. The van der Waals surface area contributed by atoms with Gasteiger partial charge < -0.3 is 14.8 Å². The minimum absolute atomic E-state index is 0.133. The highest BCUT2D eigenvalue weighted by molar-refractivity contribution is 5.95. The van der Waals surface area contributed by atoms with Crippen molar-refractivity contribution in [1.29, 1.82) is 0 Å². The molecule has 1 aliphatic carbocycles. The number of urea groups is 1. The zero-order valence-electron chi connectivity index (χ0n) is 14.4. The van der Waals surface area contributed by atoms with Crippen LogP contribution in [0.5, 0.6) is 11.5 Å². The molecule has 0 spiro atoms. The predicted octanol–water partition coefficient (Wildman–Crippen LogP) is 1.51. The highest BCUT2D eigenvalue weighted by Crippen LogP contribution is 2.28. The smallest absolute Gasteiger partial charge is 0.321 e. The second-order valence-electron chi connectivity index (χ2n) is 5.89. The Morgan fingerprint density at radius 2 is 2.04 bits per heavy atom. The van der Waals surface area contributed by atoms with Crippen molar-refractivity contribution in [1.82, 2.24) is 15.5 Å². The van der Waals surface area contributed by atoms with Crippen molar-refractivity contribution >= 4 is 11.9 Å². The number of carbonyl (C=O) groups is 2. The lowest BCUT2D eigenvalue weighted by Crippen LogP contribution is -2.44. The Bertz CT molecular complexity index is 587. The third kappa shape index (κ3) is 5.73. The van der Waals surface area contributed by atoms with Crippen molar-refractivity contribution in [2.45, 2.75) is 32.4 Å². The molecule has 0 heterocycles. The molecule has 0 unspecified atom stereocenters. The van der Waals surface area contributed by atoms with Gasteiger partial charge in [0.15, 0.2) is 11.5 Å². The van der Waals surface area contributed by atoms with Crippen molar-refractivity contribution in [3.05, 3.63) is 23.8 Å². The summed E-state index contributed by atoms with van der Waals surface area (Å²) in [5.41, 5.74) is 0.994. The van der Waals surface area contributed by atoms with E-state index in [1.807, 2.05) is 37.1 Å². The molecule has 7 heteroatoms. The number of carbonyl (C=O) groups excluding carboxylic acids is 2. The monoisotopic (exact) mass is 335 g/mol. The molecule has 1 aliphatic rings. The van der Waals surface area contributed by atoms with Gasteiger partial charge in [-0.2, -0.15) is 0 Å². The Balaban J connectivity index is 1.83. The lowest BCUT2D eigenvalue weighted by molar-refractivity contribution is -0.120. The average Bonchev–Trinajstić information content (AvgIpc) is 3.32. The van der Waals surface area contributed by atoms with Crippen LogP contribution in [0.2, 0.25) is 0 Å². The van der Waals surface area contributed by atoms with Crippen LogP contribution < -0.4 is 20.1 Å². The second kappa shape index (κ2) is 8.54. The van der Waals surface area contributed by atoms with Gasteiger partial charge in [0.05, 0.1) is 20.3 Å². The van der Waals surface area contributed by atoms with E-state index in [-0.39, 0.29) is 18.5 Å². The lowest BCUT2D eigenvalue weighted by atomic mass is 10.2. The first-order valence-corrected chi connectivity index (χ1v) is 8.10. The SMILES string of the molecule is CCOc1ccc(CN(C)CC(=O)NC(=O)NC2CC2)cc1OC. The number of methoxy groups -OCH3 is 1. The first-order valence-electron chi connectivity index (χ1n) is 8.10. The number of imide groups is 1. The zero-order valence-corrected chi connectivity index (χ0v) is 14.4. The standard InChI is InChI=1S/C17H25N3O4/c1-4-24-14-8-5-12(9-15(14)23-3)10-20(2)11-16(21)19-17(22)18-13-6-7-13/h5,8-9,13H,4,6-7,10-11H2,1-3H3,(H2,18,19,21,22). The number of benzene rings is 1. The number of likely N-dealkylation sites (N-methyl/N-ethyl adjacent to an activating group) is 1. The van der Waals surface area contributed by atoms with Crippen LogP contribution in [0.3, 0.4) is 0 Å². The summed E-state index contributed by atoms with van der Waals surface area (Å²) in [4.78, 5) is 25.2. The van der Waals surface area contributed by atoms with E-state index in [2.05, 4.69) is 10.6 Å². The molecule has 0 saturated heterocycles. The van der Waals surface area contributed by atoms with Crippen LogP contribution in [0.15, 0.2) is 18.2 Å². The molecule has 3 amide bonds. The van der Waals surface area contributed by atoms with Crippen LogP contribution in [-0.4, -0.2) is 50.2 Å². The van der Waals surface area contributed by atoms with Gasteiger partial charge in [-0.05, 0) is 44.5 Å². The highest BCUT2D eigenvalue weighted by atomic mass is 16.5. The van der Waals surface area contributed by atoms with Crippen LogP contribution >= 0.6 is 0 Å². The fraction of sp³-hybridized carbons (Fsp3) is 0.529. The predicted molar refractivity (Wildman–Crippen MR) is 90.2 cm³/mol. The number of ether oxygens (including phenoxy) is 2. The largest absolute Gasteiger partial charge is 0.493 e. The third-order valence-corrected chi connectivity index (χ3v) is 3.56. The van der Waals surface area contributed by atoms with Gasteiger partial charge in [-0.3, -0.25) is 15.0 Å². The van der Waals surface area contributed by atoms with Crippen LogP contribution in [0.4, 0.5) is 4.79 Å². The summed E-state index contributed by atoms with van der Waals surface area (Å²) in [6.45, 7) is 3.17. The van der Waals surface area contributed by atoms with E-state index in [9.17, 15) is 9.59 Å². The van der Waals surface area contributed by atoms with Crippen LogP contribution in [0.25, 0.3) is 0 Å². The maximum absolute atomic E-state index is 11.9. The average molecular weight is 335 g/mol. The van der Waals surface area contributed by atoms with Crippen LogP contribution in [0, 0.1) is 0 Å². The number of amides is 3. The minimum atomic E-state index is -0.418. The summed E-state index contributed by atoms with van der Waals surface area (Å²) in [5.74, 6) is 1.03. The molecule has 0 aromatic heterocycles. The molecule has 0 bridgehead atoms. The van der Waals surface area contributed by atoms with Gasteiger partial charge in [-0.15, -0.1) is 0 Å². The molecule has 1 aromatic carbocycles. The molecule has 1 saturated carbocycles. The summed E-state index contributed by atoms with van der Waals surface area (Å²) in [7, 11) is 3.42. The van der Waals surface area contributed by atoms with Crippen LogP contribution in [-0.2, 0) is 11.3 Å². The fourth-order valence-electron chi connectivity index (χ4n) is 2.31. The molecule has 1 fully saturated rings. The fourth-order valence-corrected chi connectivity index (χ4v) is 2.31. The quantitative estimate of drug-likeness (QED) is 0.753. The molecular formula is C17H25N3O4. The van der Waals surface area contributed by atoms with Crippen molar-refractivity contribution in [3.8, 4) is 11.5 Å². The molecular weight excluding hydrogens is 310 g/mol. The molecule has 132 valence electrons. The van der Waals surface area contributed by atoms with E-state index >= 15 is 0 Å². The first-order chi connectivity index (χ1) is 11.5. The van der Waals surface area contributed by atoms with Gasteiger partial charge in [0.2, 0.25) is 5.91 Å². The second-order valence-corrected chi connectivity index (χ2v) is 5.89. The van der Waals surface area contributed by atoms with Gasteiger partial charge in [0, 0.05) is 12.6 Å². The van der Waals surface area contributed by atoms with Crippen molar-refractivity contribution in [2.75, 3.05) is 27.3 Å². The summed E-state index contributed by atoms with van der Waals surface area (Å²) >= 11 is 0. The third-order valence-electron chi connectivity index (χ3n) is 3.56. The maximum Gasteiger partial charge on any atom is 0.321 e. The molecule has 24 heavy (non-hydrogen) atoms. The summed E-state index contributed by atoms with van der Waals surface area (Å²) in [6, 6.07) is 5.49. The Kier molecular flexibility index (Phi) is 6.43. The molecule has 0 radical (unpaired) electrons. The first kappa shape index (κ1) is 18.1. The molecule has 0 atom stereocenters. The highest BCUT2D eigenvalue weighted by Gasteiger charge is 2.24. The van der Waals surface area contributed by atoms with Crippen molar-refractivity contribution < 1.29 is 19.1 Å². The molecule has 0 aliphatic heterocycles. The van der Waals surface area contributed by atoms with E-state index < -0.39 is 6.03 Å².